The van der Waals surface area contributed by atoms with Gasteiger partial charge in [0.2, 0.25) is 0 Å². The highest BCUT2D eigenvalue weighted by Crippen LogP contribution is 2.22. The number of benzene rings is 2. The first kappa shape index (κ1) is 11.6. The summed E-state index contributed by atoms with van der Waals surface area (Å²) in [5.74, 6) is 0. The van der Waals surface area contributed by atoms with E-state index in [1.807, 2.05) is 30.3 Å². The van der Waals surface area contributed by atoms with Crippen molar-refractivity contribution < 1.29 is 0 Å². The quantitative estimate of drug-likeness (QED) is 0.823. The van der Waals surface area contributed by atoms with Crippen LogP contribution in [0.1, 0.15) is 5.56 Å². The van der Waals surface area contributed by atoms with Gasteiger partial charge in [0.1, 0.15) is 0 Å². The third-order valence-corrected chi connectivity index (χ3v) is 3.08. The minimum Gasteiger partial charge on any atom is -0.355 e. The van der Waals surface area contributed by atoms with Crippen LogP contribution in [-0.4, -0.2) is 6.26 Å². The van der Waals surface area contributed by atoms with E-state index in [-0.39, 0.29) is 0 Å². The van der Waals surface area contributed by atoms with Crippen molar-refractivity contribution in [3.63, 3.8) is 0 Å². The molecule has 0 heterocycles. The predicted molar refractivity (Wildman–Crippen MR) is 72.7 cm³/mol. The number of hydrogen-bond donors (Lipinski definition) is 1. The molecule has 0 bridgehead atoms. The maximum Gasteiger partial charge on any atom is 0.0992 e. The second-order valence-electron chi connectivity index (χ2n) is 3.55. The highest BCUT2D eigenvalue weighted by atomic mass is 32.2. The molecule has 0 aliphatic carbocycles. The first-order valence-electron chi connectivity index (χ1n) is 5.23. The summed E-state index contributed by atoms with van der Waals surface area (Å²) in [6.07, 6.45) is 2.05. The molecule has 0 saturated heterocycles. The Morgan fingerprint density at radius 2 is 1.76 bits per heavy atom. The molecule has 0 atom stereocenters. The van der Waals surface area contributed by atoms with Crippen molar-refractivity contribution in [3.8, 4) is 6.07 Å². The van der Waals surface area contributed by atoms with Crippen LogP contribution >= 0.6 is 11.8 Å². The molecule has 2 aromatic rings. The maximum atomic E-state index is 8.83. The van der Waals surface area contributed by atoms with Crippen LogP contribution in [-0.2, 0) is 0 Å². The van der Waals surface area contributed by atoms with Gasteiger partial charge in [0.15, 0.2) is 0 Å². The number of anilines is 2. The average molecular weight is 240 g/mol. The Hall–Kier alpha value is -1.92. The van der Waals surface area contributed by atoms with E-state index in [9.17, 15) is 0 Å². The van der Waals surface area contributed by atoms with Crippen molar-refractivity contribution in [1.82, 2.24) is 0 Å². The lowest BCUT2D eigenvalue weighted by atomic mass is 10.2. The van der Waals surface area contributed by atoms with Crippen LogP contribution in [0.3, 0.4) is 0 Å². The number of thioether (sulfide) groups is 1. The largest absolute Gasteiger partial charge is 0.355 e. The first-order valence-corrected chi connectivity index (χ1v) is 6.45. The van der Waals surface area contributed by atoms with Gasteiger partial charge in [-0.25, -0.2) is 0 Å². The van der Waals surface area contributed by atoms with Crippen molar-refractivity contribution in [2.45, 2.75) is 4.90 Å². The van der Waals surface area contributed by atoms with Gasteiger partial charge in [-0.2, -0.15) is 5.26 Å². The lowest BCUT2D eigenvalue weighted by molar-refractivity contribution is 1.43. The SMILES string of the molecule is CSc1cccc(Nc2cccc(C#N)c2)c1. The zero-order chi connectivity index (χ0) is 12.1. The molecule has 2 nitrogen and oxygen atoms in total. The fourth-order valence-electron chi connectivity index (χ4n) is 1.53. The zero-order valence-corrected chi connectivity index (χ0v) is 10.3. The minimum atomic E-state index is 0.663. The molecule has 2 rings (SSSR count). The highest BCUT2D eigenvalue weighted by Gasteiger charge is 1.97. The molecular formula is C14H12N2S. The minimum absolute atomic E-state index is 0.663. The molecule has 0 fully saturated rings. The second kappa shape index (κ2) is 5.42. The van der Waals surface area contributed by atoms with Crippen molar-refractivity contribution in [2.24, 2.45) is 0 Å². The summed E-state index contributed by atoms with van der Waals surface area (Å²) in [5.41, 5.74) is 2.63. The number of nitrogens with one attached hydrogen (secondary N) is 1. The molecule has 2 aromatic carbocycles. The molecule has 0 amide bonds. The number of rotatable bonds is 3. The van der Waals surface area contributed by atoms with E-state index in [0.29, 0.717) is 5.56 Å². The molecule has 0 radical (unpaired) electrons. The van der Waals surface area contributed by atoms with Gasteiger partial charge in [0, 0.05) is 16.3 Å². The van der Waals surface area contributed by atoms with Gasteiger partial charge in [-0.15, -0.1) is 11.8 Å². The smallest absolute Gasteiger partial charge is 0.0992 e. The number of nitriles is 1. The molecule has 0 aromatic heterocycles. The fraction of sp³-hybridized carbons (Fsp3) is 0.0714. The van der Waals surface area contributed by atoms with Crippen LogP contribution in [0.15, 0.2) is 53.4 Å². The van der Waals surface area contributed by atoms with Gasteiger partial charge in [0.25, 0.3) is 0 Å². The third kappa shape index (κ3) is 3.02. The predicted octanol–water partition coefficient (Wildman–Crippen LogP) is 4.02. The lowest BCUT2D eigenvalue weighted by Crippen LogP contribution is -1.90. The van der Waals surface area contributed by atoms with Crippen molar-refractivity contribution in [3.05, 3.63) is 54.1 Å². The van der Waals surface area contributed by atoms with Crippen LogP contribution in [0.5, 0.6) is 0 Å². The van der Waals surface area contributed by atoms with Gasteiger partial charge in [0.05, 0.1) is 11.6 Å². The lowest BCUT2D eigenvalue weighted by Gasteiger charge is -2.07. The van der Waals surface area contributed by atoms with Crippen molar-refractivity contribution in [2.75, 3.05) is 11.6 Å². The standard InChI is InChI=1S/C14H12N2S/c1-17-14-7-3-6-13(9-14)16-12-5-2-4-11(8-12)10-15/h2-9,16H,1H3. The summed E-state index contributed by atoms with van der Waals surface area (Å²) in [6, 6.07) is 17.8. The van der Waals surface area contributed by atoms with Gasteiger partial charge in [-0.3, -0.25) is 0 Å². The van der Waals surface area contributed by atoms with Crippen LogP contribution in [0.2, 0.25) is 0 Å². The summed E-state index contributed by atoms with van der Waals surface area (Å²) in [6.45, 7) is 0. The maximum absolute atomic E-state index is 8.83. The molecule has 0 spiro atoms. The molecule has 0 unspecified atom stereocenters. The molecule has 0 saturated carbocycles. The summed E-state index contributed by atoms with van der Waals surface area (Å²) >= 11 is 1.71. The van der Waals surface area contributed by atoms with E-state index >= 15 is 0 Å². The Balaban J connectivity index is 2.22. The number of hydrogen-bond acceptors (Lipinski definition) is 3. The van der Waals surface area contributed by atoms with Crippen molar-refractivity contribution in [1.29, 1.82) is 5.26 Å². The van der Waals surface area contributed by atoms with E-state index in [0.717, 1.165) is 11.4 Å². The first-order chi connectivity index (χ1) is 8.31. The van der Waals surface area contributed by atoms with Gasteiger partial charge in [-0.05, 0) is 42.7 Å². The molecule has 17 heavy (non-hydrogen) atoms. The summed E-state index contributed by atoms with van der Waals surface area (Å²) < 4.78 is 0. The highest BCUT2D eigenvalue weighted by molar-refractivity contribution is 7.98. The third-order valence-electron chi connectivity index (χ3n) is 2.35. The summed E-state index contributed by atoms with van der Waals surface area (Å²) in [7, 11) is 0. The van der Waals surface area contributed by atoms with Crippen LogP contribution in [0, 0.1) is 11.3 Å². The molecule has 0 aliphatic heterocycles. The average Bonchev–Trinajstić information content (AvgIpc) is 2.39. The van der Waals surface area contributed by atoms with E-state index in [4.69, 9.17) is 5.26 Å². The van der Waals surface area contributed by atoms with Gasteiger partial charge >= 0.3 is 0 Å². The van der Waals surface area contributed by atoms with Crippen LogP contribution < -0.4 is 5.32 Å². The van der Waals surface area contributed by atoms with E-state index in [2.05, 4.69) is 29.8 Å². The molecule has 0 aliphatic rings. The Bertz CT molecular complexity index is 558. The molecule has 3 heteroatoms. The van der Waals surface area contributed by atoms with Gasteiger partial charge in [-0.1, -0.05) is 12.1 Å². The van der Waals surface area contributed by atoms with E-state index in [1.54, 1.807) is 17.8 Å². The van der Waals surface area contributed by atoms with E-state index < -0.39 is 0 Å². The van der Waals surface area contributed by atoms with E-state index in [1.165, 1.54) is 4.90 Å². The molecule has 84 valence electrons. The monoisotopic (exact) mass is 240 g/mol. The fourth-order valence-corrected chi connectivity index (χ4v) is 1.99. The van der Waals surface area contributed by atoms with Crippen molar-refractivity contribution >= 4 is 23.1 Å². The molecule has 1 N–H and O–H groups in total. The summed E-state index contributed by atoms with van der Waals surface area (Å²) in [5, 5.41) is 12.1. The Morgan fingerprint density at radius 3 is 2.47 bits per heavy atom. The Kier molecular flexibility index (Phi) is 3.69. The van der Waals surface area contributed by atoms with Crippen LogP contribution in [0.4, 0.5) is 11.4 Å². The Labute approximate surface area is 105 Å². The van der Waals surface area contributed by atoms with Crippen LogP contribution in [0.25, 0.3) is 0 Å². The number of nitrogens with zero attached hydrogens (tertiary/aromatic N) is 1. The Morgan fingerprint density at radius 1 is 1.06 bits per heavy atom. The normalized spacial score (nSPS) is 9.65. The summed E-state index contributed by atoms with van der Waals surface area (Å²) in [4.78, 5) is 1.21. The zero-order valence-electron chi connectivity index (χ0n) is 9.47. The topological polar surface area (TPSA) is 35.8 Å². The molecular weight excluding hydrogens is 228 g/mol. The van der Waals surface area contributed by atoms with Gasteiger partial charge < -0.3 is 5.32 Å². The second-order valence-corrected chi connectivity index (χ2v) is 4.43.